The number of ether oxygens (including phenoxy) is 1. The van der Waals surface area contributed by atoms with E-state index in [9.17, 15) is 0 Å². The van der Waals surface area contributed by atoms with Gasteiger partial charge in [0.1, 0.15) is 0 Å². The van der Waals surface area contributed by atoms with Gasteiger partial charge in [-0.1, -0.05) is 18.2 Å². The molecule has 1 N–H and O–H groups in total. The highest BCUT2D eigenvalue weighted by Crippen LogP contribution is 2.17. The molecule has 1 heterocycles. The van der Waals surface area contributed by atoms with Gasteiger partial charge in [-0.05, 0) is 32.5 Å². The summed E-state index contributed by atoms with van der Waals surface area (Å²) < 4.78 is 5.59. The molecule has 94 valence electrons. The number of para-hydroxylation sites is 1. The van der Waals surface area contributed by atoms with Crippen LogP contribution < -0.4 is 5.32 Å². The van der Waals surface area contributed by atoms with E-state index in [2.05, 4.69) is 48.5 Å². The standard InChI is InChI=1S/C14H22N2O/c1-12-14(8-11-17-12)16(2)10-9-15-13-6-4-3-5-7-13/h3-7,12,14-15H,8-11H2,1-2H3. The molecule has 0 aliphatic carbocycles. The van der Waals surface area contributed by atoms with Crippen LogP contribution in [0.25, 0.3) is 0 Å². The zero-order valence-electron chi connectivity index (χ0n) is 10.7. The fourth-order valence-electron chi connectivity index (χ4n) is 2.40. The minimum absolute atomic E-state index is 0.372. The number of hydrogen-bond acceptors (Lipinski definition) is 3. The lowest BCUT2D eigenvalue weighted by molar-refractivity contribution is 0.0850. The highest BCUT2D eigenvalue weighted by Gasteiger charge is 2.27. The normalized spacial score (nSPS) is 24.2. The molecule has 3 heteroatoms. The average Bonchev–Trinajstić information content (AvgIpc) is 2.77. The zero-order chi connectivity index (χ0) is 12.1. The highest BCUT2D eigenvalue weighted by atomic mass is 16.5. The van der Waals surface area contributed by atoms with Crippen molar-refractivity contribution in [1.29, 1.82) is 0 Å². The number of nitrogens with one attached hydrogen (secondary N) is 1. The smallest absolute Gasteiger partial charge is 0.0702 e. The van der Waals surface area contributed by atoms with E-state index in [1.54, 1.807) is 0 Å². The lowest BCUT2D eigenvalue weighted by Crippen LogP contribution is -2.39. The summed E-state index contributed by atoms with van der Waals surface area (Å²) in [7, 11) is 2.18. The third-order valence-electron chi connectivity index (χ3n) is 3.47. The summed E-state index contributed by atoms with van der Waals surface area (Å²) in [6.07, 6.45) is 1.53. The van der Waals surface area contributed by atoms with E-state index in [0.717, 1.165) is 26.1 Å². The SMILES string of the molecule is CC1OCCC1N(C)CCNc1ccccc1. The fourth-order valence-corrected chi connectivity index (χ4v) is 2.40. The first-order valence-electron chi connectivity index (χ1n) is 6.38. The lowest BCUT2D eigenvalue weighted by atomic mass is 10.1. The zero-order valence-corrected chi connectivity index (χ0v) is 10.7. The number of anilines is 1. The summed E-state index contributed by atoms with van der Waals surface area (Å²) in [6.45, 7) is 5.10. The summed E-state index contributed by atoms with van der Waals surface area (Å²) in [6, 6.07) is 10.9. The van der Waals surface area contributed by atoms with Gasteiger partial charge in [-0.15, -0.1) is 0 Å². The first-order chi connectivity index (χ1) is 8.27. The molecule has 2 rings (SSSR count). The summed E-state index contributed by atoms with van der Waals surface area (Å²) >= 11 is 0. The molecule has 2 unspecified atom stereocenters. The predicted molar refractivity (Wildman–Crippen MR) is 71.4 cm³/mol. The number of rotatable bonds is 5. The largest absolute Gasteiger partial charge is 0.384 e. The number of likely N-dealkylation sites (N-methyl/N-ethyl adjacent to an activating group) is 1. The molecule has 3 nitrogen and oxygen atoms in total. The van der Waals surface area contributed by atoms with Gasteiger partial charge < -0.3 is 10.1 Å². The van der Waals surface area contributed by atoms with Gasteiger partial charge in [0.2, 0.25) is 0 Å². The predicted octanol–water partition coefficient (Wildman–Crippen LogP) is 2.21. The molecule has 0 radical (unpaired) electrons. The maximum atomic E-state index is 5.59. The Kier molecular flexibility index (Phi) is 4.40. The van der Waals surface area contributed by atoms with Crippen molar-refractivity contribution in [2.75, 3.05) is 32.1 Å². The third-order valence-corrected chi connectivity index (χ3v) is 3.47. The van der Waals surface area contributed by atoms with Gasteiger partial charge >= 0.3 is 0 Å². The molecular weight excluding hydrogens is 212 g/mol. The van der Waals surface area contributed by atoms with Crippen molar-refractivity contribution in [3.05, 3.63) is 30.3 Å². The first kappa shape index (κ1) is 12.4. The monoisotopic (exact) mass is 234 g/mol. The Balaban J connectivity index is 1.71. The van der Waals surface area contributed by atoms with Crippen LogP contribution in [-0.2, 0) is 4.74 Å². The van der Waals surface area contributed by atoms with E-state index in [0.29, 0.717) is 12.1 Å². The molecule has 1 aromatic carbocycles. The second-order valence-electron chi connectivity index (χ2n) is 4.71. The Morgan fingerprint density at radius 3 is 2.76 bits per heavy atom. The number of nitrogens with zero attached hydrogens (tertiary/aromatic N) is 1. The first-order valence-corrected chi connectivity index (χ1v) is 6.38. The van der Waals surface area contributed by atoms with Crippen LogP contribution in [0.3, 0.4) is 0 Å². The van der Waals surface area contributed by atoms with Crippen LogP contribution in [0.4, 0.5) is 5.69 Å². The van der Waals surface area contributed by atoms with Gasteiger partial charge in [0.05, 0.1) is 6.10 Å². The maximum Gasteiger partial charge on any atom is 0.0702 e. The van der Waals surface area contributed by atoms with Crippen LogP contribution in [0, 0.1) is 0 Å². The van der Waals surface area contributed by atoms with Crippen LogP contribution in [0.2, 0.25) is 0 Å². The highest BCUT2D eigenvalue weighted by molar-refractivity contribution is 5.42. The molecule has 1 fully saturated rings. The Hall–Kier alpha value is -1.06. The Morgan fingerprint density at radius 1 is 1.35 bits per heavy atom. The molecular formula is C14H22N2O. The lowest BCUT2D eigenvalue weighted by Gasteiger charge is -2.26. The second-order valence-corrected chi connectivity index (χ2v) is 4.71. The van der Waals surface area contributed by atoms with E-state index < -0.39 is 0 Å². The van der Waals surface area contributed by atoms with Crippen molar-refractivity contribution >= 4 is 5.69 Å². The van der Waals surface area contributed by atoms with E-state index in [1.165, 1.54) is 5.69 Å². The van der Waals surface area contributed by atoms with E-state index in [4.69, 9.17) is 4.74 Å². The summed E-state index contributed by atoms with van der Waals surface area (Å²) in [4.78, 5) is 2.40. The van der Waals surface area contributed by atoms with Crippen molar-refractivity contribution < 1.29 is 4.74 Å². The molecule has 0 saturated carbocycles. The minimum atomic E-state index is 0.372. The van der Waals surface area contributed by atoms with Crippen molar-refractivity contribution in [2.24, 2.45) is 0 Å². The molecule has 0 bridgehead atoms. The van der Waals surface area contributed by atoms with Gasteiger partial charge in [0.15, 0.2) is 0 Å². The average molecular weight is 234 g/mol. The molecule has 1 aromatic rings. The van der Waals surface area contributed by atoms with Crippen LogP contribution in [-0.4, -0.2) is 43.8 Å². The fraction of sp³-hybridized carbons (Fsp3) is 0.571. The molecule has 0 spiro atoms. The molecule has 0 amide bonds. The topological polar surface area (TPSA) is 24.5 Å². The third kappa shape index (κ3) is 3.45. The summed E-state index contributed by atoms with van der Waals surface area (Å²) in [5.74, 6) is 0. The van der Waals surface area contributed by atoms with Gasteiger partial charge in [0.25, 0.3) is 0 Å². The van der Waals surface area contributed by atoms with E-state index in [1.807, 2.05) is 6.07 Å². The van der Waals surface area contributed by atoms with Gasteiger partial charge in [-0.25, -0.2) is 0 Å². The summed E-state index contributed by atoms with van der Waals surface area (Å²) in [5.41, 5.74) is 1.19. The number of benzene rings is 1. The quantitative estimate of drug-likeness (QED) is 0.845. The van der Waals surface area contributed by atoms with Gasteiger partial charge in [-0.3, -0.25) is 4.90 Å². The van der Waals surface area contributed by atoms with Crippen LogP contribution in [0.5, 0.6) is 0 Å². The summed E-state index contributed by atoms with van der Waals surface area (Å²) in [5, 5.41) is 3.43. The Labute approximate surface area is 104 Å². The maximum absolute atomic E-state index is 5.59. The molecule has 17 heavy (non-hydrogen) atoms. The second kappa shape index (κ2) is 6.03. The van der Waals surface area contributed by atoms with Gasteiger partial charge in [0, 0.05) is 31.4 Å². The molecule has 1 saturated heterocycles. The minimum Gasteiger partial charge on any atom is -0.384 e. The molecule has 2 atom stereocenters. The van der Waals surface area contributed by atoms with E-state index in [-0.39, 0.29) is 0 Å². The van der Waals surface area contributed by atoms with Crippen LogP contribution >= 0.6 is 0 Å². The molecule has 1 aliphatic heterocycles. The number of hydrogen-bond donors (Lipinski definition) is 1. The van der Waals surface area contributed by atoms with E-state index >= 15 is 0 Å². The van der Waals surface area contributed by atoms with Crippen LogP contribution in [0.1, 0.15) is 13.3 Å². The Morgan fingerprint density at radius 2 is 2.12 bits per heavy atom. The van der Waals surface area contributed by atoms with Gasteiger partial charge in [-0.2, -0.15) is 0 Å². The Bertz CT molecular complexity index is 328. The van der Waals surface area contributed by atoms with Crippen LogP contribution in [0.15, 0.2) is 30.3 Å². The van der Waals surface area contributed by atoms with Crippen molar-refractivity contribution in [1.82, 2.24) is 4.90 Å². The van der Waals surface area contributed by atoms with Crippen molar-refractivity contribution in [3.63, 3.8) is 0 Å². The van der Waals surface area contributed by atoms with Crippen molar-refractivity contribution in [2.45, 2.75) is 25.5 Å². The van der Waals surface area contributed by atoms with Crippen molar-refractivity contribution in [3.8, 4) is 0 Å². The molecule has 1 aliphatic rings. The molecule has 0 aromatic heterocycles.